The largest absolute Gasteiger partial charge is 0.411 e. The zero-order chi connectivity index (χ0) is 22.9. The molecule has 0 aliphatic carbocycles. The van der Waals surface area contributed by atoms with Gasteiger partial charge in [-0.3, -0.25) is 5.73 Å². The highest BCUT2D eigenvalue weighted by Crippen LogP contribution is 2.33. The third-order valence-electron chi connectivity index (χ3n) is 5.54. The molecule has 164 valence electrons. The topological polar surface area (TPSA) is 92.3 Å². The van der Waals surface area contributed by atoms with E-state index in [0.717, 1.165) is 33.6 Å². The second-order valence-corrected chi connectivity index (χ2v) is 8.23. The van der Waals surface area contributed by atoms with Crippen molar-refractivity contribution in [3.8, 4) is 22.4 Å². The fraction of sp³-hybridized carbons (Fsp3) is 0.120. The second-order valence-electron chi connectivity index (χ2n) is 7.85. The van der Waals surface area contributed by atoms with Crippen LogP contribution in [0.15, 0.2) is 77.6 Å². The zero-order valence-electron chi connectivity index (χ0n) is 18.0. The predicted molar refractivity (Wildman–Crippen MR) is 129 cm³/mol. The van der Waals surface area contributed by atoms with Crippen molar-refractivity contribution in [2.24, 2.45) is 0 Å². The number of aryl methyl sites for hydroxylation is 3. The predicted octanol–water partition coefficient (Wildman–Crippen LogP) is 3.83. The Morgan fingerprint density at radius 2 is 1.70 bits per heavy atom. The monoisotopic (exact) mass is 457 g/mol. The van der Waals surface area contributed by atoms with E-state index in [2.05, 4.69) is 9.97 Å². The molecule has 2 aromatic carbocycles. The van der Waals surface area contributed by atoms with Gasteiger partial charge in [0.1, 0.15) is 10.8 Å². The minimum atomic E-state index is -0.299. The third kappa shape index (κ3) is 3.99. The highest BCUT2D eigenvalue weighted by Gasteiger charge is 2.26. The number of anilines is 1. The number of nitrogens with two attached hydrogens (primary N) is 1. The highest BCUT2D eigenvalue weighted by molar-refractivity contribution is 6.29. The molecule has 5 aromatic rings. The summed E-state index contributed by atoms with van der Waals surface area (Å²) >= 11 is 6.29. The van der Waals surface area contributed by atoms with Gasteiger partial charge < -0.3 is 0 Å². The van der Waals surface area contributed by atoms with Crippen molar-refractivity contribution in [2.75, 3.05) is 5.73 Å². The fourth-order valence-electron chi connectivity index (χ4n) is 4.04. The number of aromatic amines is 1. The molecular weight excluding hydrogens is 436 g/mol. The Hall–Kier alpha value is -3.97. The molecule has 3 heterocycles. The molecule has 33 heavy (non-hydrogen) atoms. The SMILES string of the molecule is Cc1cc(-c2c(-c3ccccc3)[nH+]c(N)n3c(=O)n(CCc4ccccc4)nc23)cc(Cl)n1. The molecule has 0 radical (unpaired) electrons. The summed E-state index contributed by atoms with van der Waals surface area (Å²) in [7, 11) is 0. The van der Waals surface area contributed by atoms with Crippen LogP contribution in [0.1, 0.15) is 11.3 Å². The lowest BCUT2D eigenvalue weighted by atomic mass is 10.0. The Morgan fingerprint density at radius 1 is 1.00 bits per heavy atom. The first kappa shape index (κ1) is 20.9. The Labute approximate surface area is 195 Å². The molecular formula is C25H22ClN6O+. The molecule has 3 aromatic heterocycles. The van der Waals surface area contributed by atoms with E-state index in [1.165, 1.54) is 9.08 Å². The normalized spacial score (nSPS) is 11.2. The zero-order valence-corrected chi connectivity index (χ0v) is 18.8. The molecule has 3 N–H and O–H groups in total. The molecule has 7 nitrogen and oxygen atoms in total. The number of nitrogen functional groups attached to an aromatic ring is 1. The number of nitrogens with one attached hydrogen (secondary N) is 1. The number of pyridine rings is 1. The van der Waals surface area contributed by atoms with Crippen molar-refractivity contribution in [2.45, 2.75) is 19.9 Å². The summed E-state index contributed by atoms with van der Waals surface area (Å²) in [4.78, 5) is 20.8. The number of benzene rings is 2. The number of rotatable bonds is 5. The molecule has 0 saturated carbocycles. The van der Waals surface area contributed by atoms with Crippen molar-refractivity contribution < 1.29 is 4.98 Å². The molecule has 0 saturated heterocycles. The van der Waals surface area contributed by atoms with Crippen LogP contribution in [-0.4, -0.2) is 19.2 Å². The molecule has 0 aliphatic heterocycles. The van der Waals surface area contributed by atoms with Gasteiger partial charge in [0.2, 0.25) is 5.65 Å². The van der Waals surface area contributed by atoms with Gasteiger partial charge in [-0.05, 0) is 36.6 Å². The van der Waals surface area contributed by atoms with E-state index in [1.54, 1.807) is 6.07 Å². The minimum Gasteiger partial charge on any atom is -0.290 e. The van der Waals surface area contributed by atoms with Crippen LogP contribution in [-0.2, 0) is 13.0 Å². The molecule has 0 unspecified atom stereocenters. The van der Waals surface area contributed by atoms with Crippen molar-refractivity contribution in [3.05, 3.63) is 99.7 Å². The Balaban J connectivity index is 1.75. The number of hydrogen-bond acceptors (Lipinski definition) is 4. The van der Waals surface area contributed by atoms with E-state index in [1.807, 2.05) is 73.7 Å². The quantitative estimate of drug-likeness (QED) is 0.406. The van der Waals surface area contributed by atoms with E-state index in [0.29, 0.717) is 23.8 Å². The second kappa shape index (κ2) is 8.52. The molecule has 8 heteroatoms. The first-order chi connectivity index (χ1) is 16.0. The van der Waals surface area contributed by atoms with Gasteiger partial charge in [0.25, 0.3) is 0 Å². The van der Waals surface area contributed by atoms with Gasteiger partial charge in [-0.2, -0.15) is 4.68 Å². The minimum absolute atomic E-state index is 0.209. The lowest BCUT2D eigenvalue weighted by molar-refractivity contribution is -0.351. The van der Waals surface area contributed by atoms with Crippen molar-refractivity contribution >= 4 is 23.2 Å². The summed E-state index contributed by atoms with van der Waals surface area (Å²) < 4.78 is 2.87. The van der Waals surface area contributed by atoms with Crippen LogP contribution in [0.25, 0.3) is 28.0 Å². The summed E-state index contributed by atoms with van der Waals surface area (Å²) in [5.74, 6) is 0.209. The number of fused-ring (bicyclic) bond motifs is 1. The van der Waals surface area contributed by atoms with Crippen LogP contribution < -0.4 is 16.4 Å². The standard InChI is InChI=1S/C25H21ClN6O/c1-16-14-19(15-20(26)28-16)21-22(18-10-6-3-7-11-18)29-24(27)32-23(21)30-31(25(32)33)13-12-17-8-4-2-5-9-17/h2-11,14-15H,12-13H2,1H3,(H2,27,29)/p+1. The van der Waals surface area contributed by atoms with Crippen molar-refractivity contribution in [3.63, 3.8) is 0 Å². The summed E-state index contributed by atoms with van der Waals surface area (Å²) in [5.41, 5.74) is 11.6. The molecule has 0 spiro atoms. The number of nitrogens with zero attached hydrogens (tertiary/aromatic N) is 4. The molecule has 0 amide bonds. The summed E-state index contributed by atoms with van der Waals surface area (Å²) in [6, 6.07) is 23.5. The average Bonchev–Trinajstić information content (AvgIpc) is 3.14. The Bertz CT molecular complexity index is 1490. The van der Waals surface area contributed by atoms with Gasteiger partial charge in [-0.15, -0.1) is 9.50 Å². The van der Waals surface area contributed by atoms with Crippen LogP contribution >= 0.6 is 11.6 Å². The van der Waals surface area contributed by atoms with E-state index in [4.69, 9.17) is 22.4 Å². The van der Waals surface area contributed by atoms with Crippen LogP contribution in [0.2, 0.25) is 5.15 Å². The van der Waals surface area contributed by atoms with Crippen molar-refractivity contribution in [1.29, 1.82) is 0 Å². The van der Waals surface area contributed by atoms with E-state index >= 15 is 0 Å². The molecule has 5 rings (SSSR count). The number of H-pyrrole nitrogens is 1. The third-order valence-corrected chi connectivity index (χ3v) is 5.73. The van der Waals surface area contributed by atoms with E-state index < -0.39 is 0 Å². The van der Waals surface area contributed by atoms with E-state index in [9.17, 15) is 4.79 Å². The number of aromatic nitrogens is 5. The van der Waals surface area contributed by atoms with Crippen LogP contribution in [0.3, 0.4) is 0 Å². The smallest absolute Gasteiger partial charge is 0.290 e. The Morgan fingerprint density at radius 3 is 2.39 bits per heavy atom. The molecule has 0 aliphatic rings. The maximum Gasteiger partial charge on any atom is 0.411 e. The lowest BCUT2D eigenvalue weighted by Crippen LogP contribution is -2.28. The van der Waals surface area contributed by atoms with Gasteiger partial charge in [0, 0.05) is 11.3 Å². The highest BCUT2D eigenvalue weighted by atomic mass is 35.5. The number of halogens is 1. The van der Waals surface area contributed by atoms with Crippen LogP contribution in [0.5, 0.6) is 0 Å². The van der Waals surface area contributed by atoms with Gasteiger partial charge in [-0.1, -0.05) is 72.3 Å². The van der Waals surface area contributed by atoms with Gasteiger partial charge >= 0.3 is 11.6 Å². The molecule has 0 fully saturated rings. The first-order valence-electron chi connectivity index (χ1n) is 10.6. The summed E-state index contributed by atoms with van der Waals surface area (Å²) in [6.45, 7) is 2.31. The lowest BCUT2D eigenvalue weighted by Gasteiger charge is -2.10. The van der Waals surface area contributed by atoms with Gasteiger partial charge in [0.15, 0.2) is 0 Å². The maximum absolute atomic E-state index is 13.3. The molecule has 0 bridgehead atoms. The van der Waals surface area contributed by atoms with Gasteiger partial charge in [-0.25, -0.2) is 14.8 Å². The first-order valence-corrected chi connectivity index (χ1v) is 11.0. The Kier molecular flexibility index (Phi) is 5.40. The summed E-state index contributed by atoms with van der Waals surface area (Å²) in [6.07, 6.45) is 0.676. The maximum atomic E-state index is 13.3. The van der Waals surface area contributed by atoms with E-state index in [-0.39, 0.29) is 11.6 Å². The van der Waals surface area contributed by atoms with Crippen molar-refractivity contribution in [1.82, 2.24) is 19.2 Å². The summed E-state index contributed by atoms with van der Waals surface area (Å²) in [5, 5.41) is 5.08. The van der Waals surface area contributed by atoms with Crippen LogP contribution in [0, 0.1) is 6.92 Å². The van der Waals surface area contributed by atoms with Gasteiger partial charge in [0.05, 0.1) is 12.1 Å². The van der Waals surface area contributed by atoms with Crippen LogP contribution in [0.4, 0.5) is 5.95 Å². The molecule has 0 atom stereocenters. The number of hydrogen-bond donors (Lipinski definition) is 1. The average molecular weight is 458 g/mol. The fourth-order valence-corrected chi connectivity index (χ4v) is 4.29.